The van der Waals surface area contributed by atoms with Crippen LogP contribution in [0.5, 0.6) is 0 Å². The Hall–Kier alpha value is -1.98. The normalized spacial score (nSPS) is 12.7. The minimum absolute atomic E-state index is 0.240. The number of nitrogens with one attached hydrogen (secondary N) is 1. The molecular formula is C14H15F3N2O. The van der Waals surface area contributed by atoms with E-state index in [1.54, 1.807) is 0 Å². The summed E-state index contributed by atoms with van der Waals surface area (Å²) in [6, 6.07) is 5.91. The summed E-state index contributed by atoms with van der Waals surface area (Å²) in [6.07, 6.45) is -4.38. The number of benzene rings is 1. The quantitative estimate of drug-likeness (QED) is 0.855. The Morgan fingerprint density at radius 1 is 1.05 bits per heavy atom. The largest absolute Gasteiger partial charge is 0.416 e. The van der Waals surface area contributed by atoms with Gasteiger partial charge in [0.15, 0.2) is 0 Å². The topological polar surface area (TPSA) is 37.8 Å². The molecule has 1 aromatic carbocycles. The molecule has 2 rings (SSSR count). The number of aromatic nitrogens is 2. The van der Waals surface area contributed by atoms with Crippen molar-refractivity contribution < 1.29 is 13.2 Å². The second kappa shape index (κ2) is 4.54. The minimum atomic E-state index is -4.38. The molecule has 1 N–H and O–H groups in total. The van der Waals surface area contributed by atoms with Gasteiger partial charge in [-0.3, -0.25) is 9.89 Å². The molecule has 0 unspecified atom stereocenters. The smallest absolute Gasteiger partial charge is 0.294 e. The fraction of sp³-hybridized carbons (Fsp3) is 0.357. The molecule has 0 aliphatic rings. The maximum absolute atomic E-state index is 12.5. The predicted octanol–water partition coefficient (Wildman–Crippen LogP) is 3.48. The van der Waals surface area contributed by atoms with Crippen LogP contribution in [0.3, 0.4) is 0 Å². The van der Waals surface area contributed by atoms with Gasteiger partial charge in [0.25, 0.3) is 5.56 Å². The van der Waals surface area contributed by atoms with Crippen molar-refractivity contribution in [1.29, 1.82) is 0 Å². The summed E-state index contributed by atoms with van der Waals surface area (Å²) in [5.74, 6) is 0. The highest BCUT2D eigenvalue weighted by Gasteiger charge is 2.30. The number of H-pyrrole nitrogens is 1. The van der Waals surface area contributed by atoms with E-state index in [-0.39, 0.29) is 11.0 Å². The van der Waals surface area contributed by atoms with Gasteiger partial charge < -0.3 is 0 Å². The van der Waals surface area contributed by atoms with Gasteiger partial charge in [-0.25, -0.2) is 4.68 Å². The van der Waals surface area contributed by atoms with Crippen LogP contribution in [0.2, 0.25) is 0 Å². The van der Waals surface area contributed by atoms with Gasteiger partial charge in [0.2, 0.25) is 0 Å². The fourth-order valence-corrected chi connectivity index (χ4v) is 1.77. The summed E-state index contributed by atoms with van der Waals surface area (Å²) in [5.41, 5.74) is -0.177. The molecule has 108 valence electrons. The molecule has 1 heterocycles. The van der Waals surface area contributed by atoms with Crippen LogP contribution in [0, 0.1) is 0 Å². The van der Waals surface area contributed by atoms with E-state index in [0.29, 0.717) is 5.69 Å². The molecule has 0 saturated carbocycles. The van der Waals surface area contributed by atoms with Crippen LogP contribution in [0.25, 0.3) is 5.69 Å². The Morgan fingerprint density at radius 2 is 1.60 bits per heavy atom. The molecule has 3 nitrogen and oxygen atoms in total. The Balaban J connectivity index is 2.43. The zero-order valence-electron chi connectivity index (χ0n) is 11.4. The first kappa shape index (κ1) is 14.4. The van der Waals surface area contributed by atoms with Crippen LogP contribution >= 0.6 is 0 Å². The van der Waals surface area contributed by atoms with E-state index >= 15 is 0 Å². The highest BCUT2D eigenvalue weighted by atomic mass is 19.4. The van der Waals surface area contributed by atoms with Gasteiger partial charge in [0, 0.05) is 17.2 Å². The van der Waals surface area contributed by atoms with Crippen molar-refractivity contribution in [2.75, 3.05) is 0 Å². The average molecular weight is 284 g/mol. The van der Waals surface area contributed by atoms with E-state index in [1.165, 1.54) is 22.9 Å². The van der Waals surface area contributed by atoms with E-state index in [1.807, 2.05) is 20.8 Å². The lowest BCUT2D eigenvalue weighted by molar-refractivity contribution is -0.137. The standard InChI is InChI=1S/C14H15F3N2O/c1-13(2,3)11-8-12(20)19(18-11)10-6-4-9(5-7-10)14(15,16)17/h4-8,18H,1-3H3. The van der Waals surface area contributed by atoms with Crippen molar-refractivity contribution >= 4 is 0 Å². The van der Waals surface area contributed by atoms with Crippen molar-refractivity contribution in [3.63, 3.8) is 0 Å². The van der Waals surface area contributed by atoms with Crippen molar-refractivity contribution in [3.05, 3.63) is 51.9 Å². The lowest BCUT2D eigenvalue weighted by Gasteiger charge is -2.15. The summed E-state index contributed by atoms with van der Waals surface area (Å²) in [5, 5.41) is 2.92. The predicted molar refractivity (Wildman–Crippen MR) is 70.1 cm³/mol. The first-order valence-electron chi connectivity index (χ1n) is 6.09. The van der Waals surface area contributed by atoms with Gasteiger partial charge in [-0.1, -0.05) is 20.8 Å². The molecule has 0 aliphatic carbocycles. The minimum Gasteiger partial charge on any atom is -0.294 e. The van der Waals surface area contributed by atoms with E-state index < -0.39 is 11.7 Å². The second-order valence-corrected chi connectivity index (χ2v) is 5.64. The van der Waals surface area contributed by atoms with Crippen molar-refractivity contribution in [2.24, 2.45) is 0 Å². The molecule has 0 bridgehead atoms. The molecule has 0 atom stereocenters. The number of nitrogens with zero attached hydrogens (tertiary/aromatic N) is 1. The molecule has 0 spiro atoms. The van der Waals surface area contributed by atoms with Crippen LogP contribution in [0.15, 0.2) is 35.1 Å². The Morgan fingerprint density at radius 3 is 2.00 bits per heavy atom. The summed E-state index contributed by atoms with van der Waals surface area (Å²) >= 11 is 0. The van der Waals surface area contributed by atoms with Crippen LogP contribution in [0.4, 0.5) is 13.2 Å². The first-order valence-corrected chi connectivity index (χ1v) is 6.09. The Kier molecular flexibility index (Phi) is 3.28. The SMILES string of the molecule is CC(C)(C)c1cc(=O)n(-c2ccc(C(F)(F)F)cc2)[nH]1. The molecule has 0 saturated heterocycles. The maximum atomic E-state index is 12.5. The maximum Gasteiger partial charge on any atom is 0.416 e. The Bertz CT molecular complexity index is 657. The van der Waals surface area contributed by atoms with E-state index in [2.05, 4.69) is 5.10 Å². The zero-order valence-corrected chi connectivity index (χ0v) is 11.4. The van der Waals surface area contributed by atoms with Gasteiger partial charge in [0.1, 0.15) is 0 Å². The van der Waals surface area contributed by atoms with E-state index in [9.17, 15) is 18.0 Å². The van der Waals surface area contributed by atoms with Crippen LogP contribution in [-0.4, -0.2) is 9.78 Å². The van der Waals surface area contributed by atoms with Crippen molar-refractivity contribution in [2.45, 2.75) is 32.4 Å². The molecule has 0 fully saturated rings. The van der Waals surface area contributed by atoms with Crippen LogP contribution in [-0.2, 0) is 11.6 Å². The van der Waals surface area contributed by atoms with Gasteiger partial charge in [-0.05, 0) is 24.3 Å². The molecule has 0 radical (unpaired) electrons. The van der Waals surface area contributed by atoms with Gasteiger partial charge in [0.05, 0.1) is 11.3 Å². The number of hydrogen-bond donors (Lipinski definition) is 1. The molecule has 0 amide bonds. The first-order chi connectivity index (χ1) is 9.09. The highest BCUT2D eigenvalue weighted by molar-refractivity contribution is 5.35. The number of rotatable bonds is 1. The monoisotopic (exact) mass is 284 g/mol. The number of halogens is 3. The summed E-state index contributed by atoms with van der Waals surface area (Å²) in [6.45, 7) is 5.82. The summed E-state index contributed by atoms with van der Waals surface area (Å²) in [7, 11) is 0. The number of hydrogen-bond acceptors (Lipinski definition) is 1. The molecule has 20 heavy (non-hydrogen) atoms. The lowest BCUT2D eigenvalue weighted by Crippen LogP contribution is -2.14. The lowest BCUT2D eigenvalue weighted by atomic mass is 9.93. The van der Waals surface area contributed by atoms with Crippen LogP contribution < -0.4 is 5.56 Å². The average Bonchev–Trinajstić information content (AvgIpc) is 2.70. The third-order valence-electron chi connectivity index (χ3n) is 2.98. The Labute approximate surface area is 114 Å². The number of aromatic amines is 1. The van der Waals surface area contributed by atoms with Gasteiger partial charge in [-0.15, -0.1) is 0 Å². The molecular weight excluding hydrogens is 269 g/mol. The zero-order chi connectivity index (χ0) is 15.1. The van der Waals surface area contributed by atoms with Crippen molar-refractivity contribution in [1.82, 2.24) is 9.78 Å². The number of alkyl halides is 3. The fourth-order valence-electron chi connectivity index (χ4n) is 1.77. The van der Waals surface area contributed by atoms with E-state index in [4.69, 9.17) is 0 Å². The van der Waals surface area contributed by atoms with Gasteiger partial charge in [-0.2, -0.15) is 13.2 Å². The van der Waals surface area contributed by atoms with E-state index in [0.717, 1.165) is 17.8 Å². The molecule has 0 aliphatic heterocycles. The highest BCUT2D eigenvalue weighted by Crippen LogP contribution is 2.29. The third kappa shape index (κ3) is 2.79. The molecule has 1 aromatic heterocycles. The molecule has 6 heteroatoms. The van der Waals surface area contributed by atoms with Gasteiger partial charge >= 0.3 is 6.18 Å². The van der Waals surface area contributed by atoms with Crippen molar-refractivity contribution in [3.8, 4) is 5.69 Å². The molecule has 2 aromatic rings. The summed E-state index contributed by atoms with van der Waals surface area (Å²) < 4.78 is 38.7. The third-order valence-corrected chi connectivity index (χ3v) is 2.98. The second-order valence-electron chi connectivity index (χ2n) is 5.64. The summed E-state index contributed by atoms with van der Waals surface area (Å²) in [4.78, 5) is 11.9. The van der Waals surface area contributed by atoms with Crippen LogP contribution in [0.1, 0.15) is 32.0 Å².